The second-order valence-electron chi connectivity index (χ2n) is 13.3. The molecule has 1 aliphatic rings. The minimum atomic E-state index is 0.0699. The SMILES string of the molecule is c1ccc(-n2c3ccccc3c3cc(N(c4ccc(C5(c6ccccc6)CCCCC5)cc4)c4cccc5ccccc45)ccc32)cc1. The molecule has 2 nitrogen and oxygen atoms in total. The Bertz CT molecular complexity index is 2360. The molecule has 9 rings (SSSR count). The van der Waals surface area contributed by atoms with Crippen molar-refractivity contribution in [1.29, 1.82) is 0 Å². The Kier molecular flexibility index (Phi) is 7.08. The lowest BCUT2D eigenvalue weighted by atomic mass is 9.65. The first-order chi connectivity index (χ1) is 23.8. The molecule has 0 aliphatic heterocycles. The summed E-state index contributed by atoms with van der Waals surface area (Å²) >= 11 is 0. The minimum Gasteiger partial charge on any atom is -0.310 e. The molecule has 0 bridgehead atoms. The van der Waals surface area contributed by atoms with Gasteiger partial charge in [-0.15, -0.1) is 0 Å². The fraction of sp³-hybridized carbons (Fsp3) is 0.130. The highest BCUT2D eigenvalue weighted by molar-refractivity contribution is 6.11. The maximum atomic E-state index is 2.45. The molecule has 0 radical (unpaired) electrons. The smallest absolute Gasteiger partial charge is 0.0542 e. The number of aromatic nitrogens is 1. The number of nitrogens with zero attached hydrogens (tertiary/aromatic N) is 2. The molecule has 8 aromatic rings. The van der Waals surface area contributed by atoms with Crippen LogP contribution in [-0.2, 0) is 5.41 Å². The van der Waals surface area contributed by atoms with Crippen LogP contribution in [-0.4, -0.2) is 4.57 Å². The van der Waals surface area contributed by atoms with Crippen molar-refractivity contribution in [3.8, 4) is 5.69 Å². The van der Waals surface area contributed by atoms with E-state index in [0.29, 0.717) is 0 Å². The molecule has 1 fully saturated rings. The average Bonchev–Trinajstić information content (AvgIpc) is 3.50. The second kappa shape index (κ2) is 11.9. The first kappa shape index (κ1) is 28.6. The van der Waals surface area contributed by atoms with Gasteiger partial charge in [0.25, 0.3) is 0 Å². The Labute approximate surface area is 282 Å². The Morgan fingerprint density at radius 2 is 1.04 bits per heavy atom. The van der Waals surface area contributed by atoms with Crippen LogP contribution >= 0.6 is 0 Å². The fourth-order valence-corrected chi connectivity index (χ4v) is 8.37. The van der Waals surface area contributed by atoms with E-state index in [1.807, 2.05) is 0 Å². The van der Waals surface area contributed by atoms with Crippen LogP contribution in [0.4, 0.5) is 17.1 Å². The zero-order valence-corrected chi connectivity index (χ0v) is 27.1. The molecular weight excluding hydrogens is 581 g/mol. The number of fused-ring (bicyclic) bond motifs is 4. The molecule has 0 N–H and O–H groups in total. The maximum Gasteiger partial charge on any atom is 0.0542 e. The summed E-state index contributed by atoms with van der Waals surface area (Å²) in [5.41, 5.74) is 10.0. The highest BCUT2D eigenvalue weighted by Gasteiger charge is 2.35. The lowest BCUT2D eigenvalue weighted by Crippen LogP contribution is -2.30. The highest BCUT2D eigenvalue weighted by Crippen LogP contribution is 2.47. The molecule has 0 spiro atoms. The summed E-state index contributed by atoms with van der Waals surface area (Å²) in [5, 5.41) is 4.99. The van der Waals surface area contributed by atoms with Crippen molar-refractivity contribution in [3.63, 3.8) is 0 Å². The van der Waals surface area contributed by atoms with Crippen LogP contribution in [0.1, 0.15) is 43.2 Å². The van der Waals surface area contributed by atoms with Gasteiger partial charge in [-0.3, -0.25) is 0 Å². The van der Waals surface area contributed by atoms with Crippen molar-refractivity contribution < 1.29 is 0 Å². The van der Waals surface area contributed by atoms with Gasteiger partial charge < -0.3 is 9.47 Å². The predicted octanol–water partition coefficient (Wildman–Crippen LogP) is 12.7. The van der Waals surface area contributed by atoms with Gasteiger partial charge in [0.1, 0.15) is 0 Å². The number of rotatable bonds is 6. The van der Waals surface area contributed by atoms with Crippen LogP contribution in [0.2, 0.25) is 0 Å². The number of hydrogen-bond acceptors (Lipinski definition) is 1. The molecule has 1 aliphatic carbocycles. The van der Waals surface area contributed by atoms with Gasteiger partial charge in [0.2, 0.25) is 0 Å². The Hall–Kier alpha value is -5.60. The number of benzene rings is 7. The van der Waals surface area contributed by atoms with Gasteiger partial charge in [-0.1, -0.05) is 135 Å². The largest absolute Gasteiger partial charge is 0.310 e. The molecule has 0 atom stereocenters. The fourth-order valence-electron chi connectivity index (χ4n) is 8.37. The topological polar surface area (TPSA) is 8.17 Å². The summed E-state index contributed by atoms with van der Waals surface area (Å²) in [6, 6.07) is 62.6. The number of anilines is 3. The van der Waals surface area contributed by atoms with Gasteiger partial charge in [-0.25, -0.2) is 0 Å². The molecule has 1 aromatic heterocycles. The number of para-hydroxylation sites is 2. The molecule has 232 valence electrons. The summed E-state index contributed by atoms with van der Waals surface area (Å²) in [7, 11) is 0. The van der Waals surface area contributed by atoms with E-state index < -0.39 is 0 Å². The van der Waals surface area contributed by atoms with Crippen LogP contribution in [0.25, 0.3) is 38.3 Å². The first-order valence-corrected chi connectivity index (χ1v) is 17.3. The average molecular weight is 619 g/mol. The Morgan fingerprint density at radius 1 is 0.438 bits per heavy atom. The van der Waals surface area contributed by atoms with Gasteiger partial charge in [-0.2, -0.15) is 0 Å². The van der Waals surface area contributed by atoms with E-state index in [-0.39, 0.29) is 5.41 Å². The van der Waals surface area contributed by atoms with Crippen molar-refractivity contribution in [1.82, 2.24) is 4.57 Å². The summed E-state index contributed by atoms with van der Waals surface area (Å²) in [4.78, 5) is 2.45. The molecule has 1 saturated carbocycles. The van der Waals surface area contributed by atoms with E-state index in [9.17, 15) is 0 Å². The summed E-state index contributed by atoms with van der Waals surface area (Å²) in [6.45, 7) is 0. The van der Waals surface area contributed by atoms with Crippen LogP contribution < -0.4 is 4.90 Å². The van der Waals surface area contributed by atoms with E-state index in [0.717, 1.165) is 5.69 Å². The molecule has 0 amide bonds. The summed E-state index contributed by atoms with van der Waals surface area (Å²) in [5.74, 6) is 0. The summed E-state index contributed by atoms with van der Waals surface area (Å²) in [6.07, 6.45) is 6.27. The standard InChI is InChI=1S/C46H38N2/c1-4-17-35(18-5-1)46(31-12-3-13-32-46)36-25-27-38(28-26-36)47(43-24-14-16-34-15-8-9-21-40(34)43)39-29-30-45-42(33-39)41-22-10-11-23-44(41)48(45)37-19-6-2-7-20-37/h1-2,4-11,14-30,33H,3,12-13,31-32H2. The van der Waals surface area contributed by atoms with Gasteiger partial charge >= 0.3 is 0 Å². The third-order valence-electron chi connectivity index (χ3n) is 10.6. The first-order valence-electron chi connectivity index (χ1n) is 17.3. The third-order valence-corrected chi connectivity index (χ3v) is 10.6. The highest BCUT2D eigenvalue weighted by atomic mass is 15.1. The lowest BCUT2D eigenvalue weighted by Gasteiger charge is -2.39. The van der Waals surface area contributed by atoms with Gasteiger partial charge in [-0.05, 0) is 84.0 Å². The van der Waals surface area contributed by atoms with Gasteiger partial charge in [0, 0.05) is 38.6 Å². The van der Waals surface area contributed by atoms with Gasteiger partial charge in [0.05, 0.1) is 16.7 Å². The van der Waals surface area contributed by atoms with Crippen molar-refractivity contribution >= 4 is 49.6 Å². The molecule has 1 heterocycles. The van der Waals surface area contributed by atoms with E-state index in [1.54, 1.807) is 0 Å². The van der Waals surface area contributed by atoms with Crippen LogP contribution in [0, 0.1) is 0 Å². The van der Waals surface area contributed by atoms with Crippen LogP contribution in [0.5, 0.6) is 0 Å². The zero-order chi connectivity index (χ0) is 31.9. The van der Waals surface area contributed by atoms with Gasteiger partial charge in [0.15, 0.2) is 0 Å². The number of hydrogen-bond donors (Lipinski definition) is 0. The van der Waals surface area contributed by atoms with E-state index in [1.165, 1.54) is 92.9 Å². The van der Waals surface area contributed by atoms with E-state index in [4.69, 9.17) is 0 Å². The zero-order valence-electron chi connectivity index (χ0n) is 27.1. The molecule has 2 heteroatoms. The third kappa shape index (κ3) is 4.71. The van der Waals surface area contributed by atoms with Crippen LogP contribution in [0.3, 0.4) is 0 Å². The molecule has 0 unspecified atom stereocenters. The maximum absolute atomic E-state index is 2.45. The summed E-state index contributed by atoms with van der Waals surface area (Å²) < 4.78 is 2.39. The van der Waals surface area contributed by atoms with Crippen molar-refractivity contribution in [3.05, 3.63) is 181 Å². The van der Waals surface area contributed by atoms with E-state index in [2.05, 4.69) is 179 Å². The van der Waals surface area contributed by atoms with Crippen molar-refractivity contribution in [2.45, 2.75) is 37.5 Å². The minimum absolute atomic E-state index is 0.0699. The quantitative estimate of drug-likeness (QED) is 0.180. The second-order valence-corrected chi connectivity index (χ2v) is 13.3. The van der Waals surface area contributed by atoms with Crippen molar-refractivity contribution in [2.75, 3.05) is 4.90 Å². The van der Waals surface area contributed by atoms with Crippen molar-refractivity contribution in [2.24, 2.45) is 0 Å². The Morgan fingerprint density at radius 3 is 1.83 bits per heavy atom. The molecular formula is C46H38N2. The normalized spacial score (nSPS) is 14.4. The predicted molar refractivity (Wildman–Crippen MR) is 203 cm³/mol. The van der Waals surface area contributed by atoms with E-state index >= 15 is 0 Å². The Balaban J connectivity index is 1.24. The molecule has 0 saturated heterocycles. The lowest BCUT2D eigenvalue weighted by molar-refractivity contribution is 0.346. The molecule has 7 aromatic carbocycles. The van der Waals surface area contributed by atoms with Crippen LogP contribution in [0.15, 0.2) is 170 Å². The monoisotopic (exact) mass is 618 g/mol. The molecule has 48 heavy (non-hydrogen) atoms.